The van der Waals surface area contributed by atoms with Crippen molar-refractivity contribution >= 4 is 67.1 Å². The highest BCUT2D eigenvalue weighted by Gasteiger charge is 2.16. The summed E-state index contributed by atoms with van der Waals surface area (Å²) in [5, 5.41) is 6.68. The molecule has 0 unspecified atom stereocenters. The minimum Gasteiger partial charge on any atom is -0.321 e. The number of benzene rings is 4. The molecule has 1 aromatic heterocycles. The summed E-state index contributed by atoms with van der Waals surface area (Å²) in [7, 11) is 0. The number of rotatable bonds is 3. The number of anilines is 1. The maximum atomic E-state index is 13.2. The summed E-state index contributed by atoms with van der Waals surface area (Å²) in [6.45, 7) is 0. The number of carbonyl (C=O) groups is 1. The Morgan fingerprint density at radius 2 is 1.67 bits per heavy atom. The first kappa shape index (κ1) is 19.1. The van der Waals surface area contributed by atoms with E-state index in [4.69, 9.17) is 28.2 Å². The molecule has 0 aliphatic heterocycles. The quantitative estimate of drug-likeness (QED) is 0.307. The second-order valence-electron chi connectivity index (χ2n) is 6.77. The van der Waals surface area contributed by atoms with E-state index in [-0.39, 0.29) is 5.91 Å². The van der Waals surface area contributed by atoms with Gasteiger partial charge in [-0.05, 0) is 47.9 Å². The van der Waals surface area contributed by atoms with Gasteiger partial charge in [0.2, 0.25) is 0 Å². The predicted octanol–water partition coefficient (Wildman–Crippen LogP) is 7.68. The molecule has 0 fully saturated rings. The standard InChI is InChI=1S/C24H14Cl2N2OS/c25-14-11-12-20(18(13-14)24-28-21-9-1-2-10-22(21)30-24)27-23(29)17-7-3-6-16-15(17)5-4-8-19(16)26/h1-13H,(H,27,29). The van der Waals surface area contributed by atoms with Crippen molar-refractivity contribution in [2.24, 2.45) is 0 Å². The first-order valence-electron chi connectivity index (χ1n) is 9.24. The van der Waals surface area contributed by atoms with Crippen LogP contribution < -0.4 is 5.32 Å². The van der Waals surface area contributed by atoms with Crippen molar-refractivity contribution in [3.8, 4) is 10.6 Å². The van der Waals surface area contributed by atoms with Crippen LogP contribution in [0.5, 0.6) is 0 Å². The van der Waals surface area contributed by atoms with E-state index in [9.17, 15) is 4.79 Å². The second-order valence-corrected chi connectivity index (χ2v) is 8.65. The molecule has 146 valence electrons. The lowest BCUT2D eigenvalue weighted by molar-refractivity contribution is 0.102. The summed E-state index contributed by atoms with van der Waals surface area (Å²) >= 11 is 14.1. The SMILES string of the molecule is O=C(Nc1ccc(Cl)cc1-c1nc2ccccc2s1)c1cccc2c(Cl)cccc12. The molecule has 1 amide bonds. The number of hydrogen-bond acceptors (Lipinski definition) is 3. The third kappa shape index (κ3) is 3.43. The van der Waals surface area contributed by atoms with Crippen molar-refractivity contribution < 1.29 is 4.79 Å². The van der Waals surface area contributed by atoms with Crippen LogP contribution in [-0.4, -0.2) is 10.9 Å². The summed E-state index contributed by atoms with van der Waals surface area (Å²) in [4.78, 5) is 17.9. The van der Waals surface area contributed by atoms with Crippen LogP contribution in [-0.2, 0) is 0 Å². The highest BCUT2D eigenvalue weighted by molar-refractivity contribution is 7.21. The smallest absolute Gasteiger partial charge is 0.256 e. The molecule has 0 saturated carbocycles. The Morgan fingerprint density at radius 3 is 2.53 bits per heavy atom. The lowest BCUT2D eigenvalue weighted by atomic mass is 10.0. The summed E-state index contributed by atoms with van der Waals surface area (Å²) in [5.41, 5.74) is 2.91. The van der Waals surface area contributed by atoms with E-state index in [1.165, 1.54) is 0 Å². The topological polar surface area (TPSA) is 42.0 Å². The molecule has 30 heavy (non-hydrogen) atoms. The van der Waals surface area contributed by atoms with Crippen LogP contribution in [0.2, 0.25) is 10.0 Å². The van der Waals surface area contributed by atoms with Crippen LogP contribution in [0, 0.1) is 0 Å². The van der Waals surface area contributed by atoms with Crippen LogP contribution in [0.1, 0.15) is 10.4 Å². The van der Waals surface area contributed by atoms with Crippen molar-refractivity contribution in [2.75, 3.05) is 5.32 Å². The maximum absolute atomic E-state index is 13.2. The lowest BCUT2D eigenvalue weighted by Gasteiger charge is -2.12. The Hall–Kier alpha value is -2.92. The molecule has 5 rings (SSSR count). The Labute approximate surface area is 186 Å². The van der Waals surface area contributed by atoms with E-state index in [1.807, 2.05) is 60.7 Å². The van der Waals surface area contributed by atoms with E-state index >= 15 is 0 Å². The number of halogens is 2. The van der Waals surface area contributed by atoms with Gasteiger partial charge < -0.3 is 5.32 Å². The fraction of sp³-hybridized carbons (Fsp3) is 0. The van der Waals surface area contributed by atoms with Crippen molar-refractivity contribution in [3.05, 3.63) is 94.5 Å². The molecule has 4 aromatic carbocycles. The molecule has 0 spiro atoms. The summed E-state index contributed by atoms with van der Waals surface area (Å²) in [6.07, 6.45) is 0. The Morgan fingerprint density at radius 1 is 0.867 bits per heavy atom. The minimum atomic E-state index is -0.215. The van der Waals surface area contributed by atoms with Gasteiger partial charge in [-0.15, -0.1) is 11.3 Å². The average molecular weight is 449 g/mol. The highest BCUT2D eigenvalue weighted by Crippen LogP contribution is 2.36. The predicted molar refractivity (Wildman–Crippen MR) is 127 cm³/mol. The lowest BCUT2D eigenvalue weighted by Crippen LogP contribution is -2.13. The summed E-state index contributed by atoms with van der Waals surface area (Å²) in [6, 6.07) is 24.4. The van der Waals surface area contributed by atoms with Gasteiger partial charge in [-0.25, -0.2) is 4.98 Å². The molecule has 6 heteroatoms. The number of fused-ring (bicyclic) bond motifs is 2. The fourth-order valence-electron chi connectivity index (χ4n) is 3.45. The van der Waals surface area contributed by atoms with Gasteiger partial charge in [-0.1, -0.05) is 59.6 Å². The molecule has 0 atom stereocenters. The molecule has 0 radical (unpaired) electrons. The van der Waals surface area contributed by atoms with Gasteiger partial charge in [0.15, 0.2) is 0 Å². The molecule has 0 bridgehead atoms. The van der Waals surface area contributed by atoms with E-state index < -0.39 is 0 Å². The van der Waals surface area contributed by atoms with Gasteiger partial charge in [-0.3, -0.25) is 4.79 Å². The highest BCUT2D eigenvalue weighted by atomic mass is 35.5. The number of aromatic nitrogens is 1. The van der Waals surface area contributed by atoms with E-state index in [0.717, 1.165) is 31.6 Å². The Bertz CT molecular complexity index is 1390. The molecule has 5 aromatic rings. The molecule has 0 saturated heterocycles. The van der Waals surface area contributed by atoms with E-state index in [1.54, 1.807) is 29.5 Å². The number of nitrogens with zero attached hydrogens (tertiary/aromatic N) is 1. The van der Waals surface area contributed by atoms with E-state index in [2.05, 4.69) is 5.32 Å². The number of thiazole rings is 1. The average Bonchev–Trinajstić information content (AvgIpc) is 3.19. The number of carbonyl (C=O) groups excluding carboxylic acids is 1. The van der Waals surface area contributed by atoms with E-state index in [0.29, 0.717) is 21.3 Å². The third-order valence-electron chi connectivity index (χ3n) is 4.87. The third-order valence-corrected chi connectivity index (χ3v) is 6.50. The monoisotopic (exact) mass is 448 g/mol. The zero-order valence-electron chi connectivity index (χ0n) is 15.5. The zero-order chi connectivity index (χ0) is 20.7. The summed E-state index contributed by atoms with van der Waals surface area (Å²) < 4.78 is 1.08. The molecular weight excluding hydrogens is 435 g/mol. The normalized spacial score (nSPS) is 11.1. The van der Waals surface area contributed by atoms with Crippen molar-refractivity contribution in [1.82, 2.24) is 4.98 Å². The Balaban J connectivity index is 1.57. The first-order valence-corrected chi connectivity index (χ1v) is 10.8. The second kappa shape index (κ2) is 7.73. The van der Waals surface area contributed by atoms with Crippen LogP contribution >= 0.6 is 34.5 Å². The molecular formula is C24H14Cl2N2OS. The van der Waals surface area contributed by atoms with Gasteiger partial charge in [-0.2, -0.15) is 0 Å². The molecule has 0 aliphatic carbocycles. The van der Waals surface area contributed by atoms with Crippen LogP contribution in [0.4, 0.5) is 5.69 Å². The number of para-hydroxylation sites is 1. The van der Waals surface area contributed by atoms with Crippen LogP contribution in [0.3, 0.4) is 0 Å². The van der Waals surface area contributed by atoms with Gasteiger partial charge in [0.1, 0.15) is 5.01 Å². The number of amides is 1. The van der Waals surface area contributed by atoms with Gasteiger partial charge in [0, 0.05) is 26.6 Å². The van der Waals surface area contributed by atoms with Gasteiger partial charge in [0.05, 0.1) is 15.9 Å². The first-order chi connectivity index (χ1) is 14.6. The van der Waals surface area contributed by atoms with Gasteiger partial charge >= 0.3 is 0 Å². The fourth-order valence-corrected chi connectivity index (χ4v) is 4.85. The molecule has 0 aliphatic rings. The zero-order valence-corrected chi connectivity index (χ0v) is 17.9. The number of hydrogen-bond donors (Lipinski definition) is 1. The summed E-state index contributed by atoms with van der Waals surface area (Å²) in [5.74, 6) is -0.215. The Kier molecular flexibility index (Phi) is 4.91. The largest absolute Gasteiger partial charge is 0.321 e. The molecule has 1 heterocycles. The van der Waals surface area contributed by atoms with Gasteiger partial charge in [0.25, 0.3) is 5.91 Å². The van der Waals surface area contributed by atoms with Crippen LogP contribution in [0.15, 0.2) is 78.9 Å². The maximum Gasteiger partial charge on any atom is 0.256 e. The van der Waals surface area contributed by atoms with Crippen molar-refractivity contribution in [2.45, 2.75) is 0 Å². The van der Waals surface area contributed by atoms with Crippen molar-refractivity contribution in [1.29, 1.82) is 0 Å². The minimum absolute atomic E-state index is 0.215. The van der Waals surface area contributed by atoms with Crippen LogP contribution in [0.25, 0.3) is 31.6 Å². The number of nitrogens with one attached hydrogen (secondary N) is 1. The molecule has 1 N–H and O–H groups in total. The van der Waals surface area contributed by atoms with Crippen molar-refractivity contribution in [3.63, 3.8) is 0 Å². The molecule has 3 nitrogen and oxygen atoms in total.